The molecule has 0 radical (unpaired) electrons. The summed E-state index contributed by atoms with van der Waals surface area (Å²) >= 11 is 6.44. The molecule has 2 rings (SSSR count). The second-order valence-corrected chi connectivity index (χ2v) is 6.66. The van der Waals surface area contributed by atoms with Gasteiger partial charge in [0.2, 0.25) is 0 Å². The molecule has 112 valence electrons. The first-order valence-corrected chi connectivity index (χ1v) is 8.41. The van der Waals surface area contributed by atoms with Gasteiger partial charge in [-0.15, -0.1) is 11.6 Å². The number of hydrogen-bond donors (Lipinski definition) is 0. The van der Waals surface area contributed by atoms with Gasteiger partial charge in [0.15, 0.2) is 0 Å². The topological polar surface area (TPSA) is 9.23 Å². The molecule has 3 atom stereocenters. The van der Waals surface area contributed by atoms with Gasteiger partial charge in [0.25, 0.3) is 0 Å². The van der Waals surface area contributed by atoms with Gasteiger partial charge < -0.3 is 4.74 Å². The summed E-state index contributed by atoms with van der Waals surface area (Å²) < 4.78 is 6.20. The lowest BCUT2D eigenvalue weighted by Gasteiger charge is -2.52. The Kier molecular flexibility index (Phi) is 5.01. The molecule has 0 aromatic heterocycles. The molecule has 1 aromatic rings. The van der Waals surface area contributed by atoms with Crippen molar-refractivity contribution in [3.05, 3.63) is 29.8 Å². The molecule has 0 amide bonds. The van der Waals surface area contributed by atoms with Gasteiger partial charge in [-0.1, -0.05) is 39.8 Å². The Balaban J connectivity index is 2.04. The Morgan fingerprint density at radius 2 is 1.80 bits per heavy atom. The van der Waals surface area contributed by atoms with Crippen molar-refractivity contribution >= 4 is 11.6 Å². The molecule has 3 unspecified atom stereocenters. The van der Waals surface area contributed by atoms with Crippen LogP contribution in [0, 0.1) is 5.41 Å². The predicted molar refractivity (Wildman–Crippen MR) is 86.8 cm³/mol. The van der Waals surface area contributed by atoms with Gasteiger partial charge in [-0.05, 0) is 42.9 Å². The molecule has 1 aliphatic rings. The van der Waals surface area contributed by atoms with Crippen molar-refractivity contribution in [1.82, 2.24) is 0 Å². The highest BCUT2D eigenvalue weighted by Gasteiger charge is 2.53. The lowest BCUT2D eigenvalue weighted by molar-refractivity contribution is -0.0462. The van der Waals surface area contributed by atoms with Crippen LogP contribution >= 0.6 is 11.6 Å². The Labute approximate surface area is 128 Å². The molecule has 20 heavy (non-hydrogen) atoms. The molecule has 0 bridgehead atoms. The van der Waals surface area contributed by atoms with Gasteiger partial charge >= 0.3 is 0 Å². The lowest BCUT2D eigenvalue weighted by atomic mass is 9.62. The van der Waals surface area contributed by atoms with Crippen LogP contribution in [-0.2, 0) is 0 Å². The molecule has 1 aliphatic carbocycles. The molecule has 1 saturated carbocycles. The summed E-state index contributed by atoms with van der Waals surface area (Å²) in [4.78, 5) is 0. The van der Waals surface area contributed by atoms with Crippen molar-refractivity contribution in [2.24, 2.45) is 5.41 Å². The number of hydrogen-bond acceptors (Lipinski definition) is 1. The second-order valence-electron chi connectivity index (χ2n) is 6.13. The van der Waals surface area contributed by atoms with Crippen molar-refractivity contribution in [2.45, 2.75) is 70.8 Å². The lowest BCUT2D eigenvalue weighted by Crippen LogP contribution is -2.56. The first-order chi connectivity index (χ1) is 9.57. The number of rotatable bonds is 6. The van der Waals surface area contributed by atoms with Crippen molar-refractivity contribution in [3.8, 4) is 5.75 Å². The van der Waals surface area contributed by atoms with Gasteiger partial charge in [-0.2, -0.15) is 0 Å². The van der Waals surface area contributed by atoms with Crippen LogP contribution in [0.5, 0.6) is 5.75 Å². The first-order valence-electron chi connectivity index (χ1n) is 7.98. The van der Waals surface area contributed by atoms with Gasteiger partial charge in [0.1, 0.15) is 11.9 Å². The van der Waals surface area contributed by atoms with Crippen LogP contribution in [0.4, 0.5) is 0 Å². The van der Waals surface area contributed by atoms with E-state index in [2.05, 4.69) is 52.0 Å². The molecule has 0 N–H and O–H groups in total. The second kappa shape index (κ2) is 6.39. The van der Waals surface area contributed by atoms with Crippen LogP contribution in [0.3, 0.4) is 0 Å². The molecule has 0 saturated heterocycles. The fourth-order valence-corrected chi connectivity index (χ4v) is 3.90. The highest BCUT2D eigenvalue weighted by atomic mass is 35.5. The van der Waals surface area contributed by atoms with Gasteiger partial charge in [0.05, 0.1) is 0 Å². The van der Waals surface area contributed by atoms with E-state index in [1.165, 1.54) is 12.0 Å². The summed E-state index contributed by atoms with van der Waals surface area (Å²) in [5.74, 6) is 1.60. The number of benzene rings is 1. The van der Waals surface area contributed by atoms with Crippen molar-refractivity contribution in [2.75, 3.05) is 0 Å². The van der Waals surface area contributed by atoms with Crippen molar-refractivity contribution in [3.63, 3.8) is 0 Å². The van der Waals surface area contributed by atoms with E-state index in [1.807, 2.05) is 0 Å². The third kappa shape index (κ3) is 2.70. The molecule has 0 spiro atoms. The van der Waals surface area contributed by atoms with E-state index in [9.17, 15) is 0 Å². The van der Waals surface area contributed by atoms with Crippen molar-refractivity contribution < 1.29 is 4.74 Å². The van der Waals surface area contributed by atoms with Crippen LogP contribution in [0.1, 0.15) is 64.9 Å². The summed E-state index contributed by atoms with van der Waals surface area (Å²) in [7, 11) is 0. The Hall–Kier alpha value is -0.690. The number of alkyl halides is 1. The highest BCUT2D eigenvalue weighted by molar-refractivity contribution is 6.21. The van der Waals surface area contributed by atoms with E-state index in [0.29, 0.717) is 5.92 Å². The maximum absolute atomic E-state index is 6.44. The highest BCUT2D eigenvalue weighted by Crippen LogP contribution is 2.51. The minimum atomic E-state index is 0.164. The minimum absolute atomic E-state index is 0.164. The van der Waals surface area contributed by atoms with Crippen LogP contribution in [0.15, 0.2) is 24.3 Å². The molecule has 1 aromatic carbocycles. The summed E-state index contributed by atoms with van der Waals surface area (Å²) in [6.07, 6.45) is 4.59. The largest absolute Gasteiger partial charge is 0.490 e. The molecule has 0 aliphatic heterocycles. The summed E-state index contributed by atoms with van der Waals surface area (Å²) in [5, 5.41) is 0.266. The first kappa shape index (κ1) is 15.7. The minimum Gasteiger partial charge on any atom is -0.490 e. The zero-order valence-corrected chi connectivity index (χ0v) is 13.9. The van der Waals surface area contributed by atoms with E-state index >= 15 is 0 Å². The van der Waals surface area contributed by atoms with Gasteiger partial charge in [-0.3, -0.25) is 0 Å². The maximum atomic E-state index is 6.44. The molecular weight excluding hydrogens is 268 g/mol. The summed E-state index contributed by atoms with van der Waals surface area (Å²) in [5.41, 5.74) is 1.55. The van der Waals surface area contributed by atoms with Crippen molar-refractivity contribution in [1.29, 1.82) is 0 Å². The molecular formula is C18H27ClO. The zero-order valence-electron chi connectivity index (χ0n) is 13.2. The zero-order chi connectivity index (χ0) is 14.8. The fraction of sp³-hybridized carbons (Fsp3) is 0.667. The average molecular weight is 295 g/mol. The molecule has 1 fully saturated rings. The third-order valence-electron chi connectivity index (χ3n) is 5.34. The van der Waals surface area contributed by atoms with E-state index < -0.39 is 0 Å². The predicted octanol–water partition coefficient (Wildman–Crippen LogP) is 5.77. The third-order valence-corrected chi connectivity index (χ3v) is 5.96. The van der Waals surface area contributed by atoms with Gasteiger partial charge in [0, 0.05) is 17.2 Å². The van der Waals surface area contributed by atoms with E-state index in [1.54, 1.807) is 0 Å². The van der Waals surface area contributed by atoms with Crippen LogP contribution in [-0.4, -0.2) is 11.5 Å². The Morgan fingerprint density at radius 1 is 1.20 bits per heavy atom. The normalized spacial score (nSPS) is 25.9. The maximum Gasteiger partial charge on any atom is 0.119 e. The van der Waals surface area contributed by atoms with E-state index in [4.69, 9.17) is 16.3 Å². The van der Waals surface area contributed by atoms with Crippen LogP contribution < -0.4 is 4.74 Å². The Morgan fingerprint density at radius 3 is 2.25 bits per heavy atom. The van der Waals surface area contributed by atoms with E-state index in [0.717, 1.165) is 25.0 Å². The SMILES string of the molecule is CCC(C)c1ccc(OC2CC(Cl)C2(CC)CC)cc1. The average Bonchev–Trinajstić information content (AvgIpc) is 2.48. The standard InChI is InChI=1S/C18H27ClO/c1-5-13(4)14-8-10-15(11-9-14)20-17-12-16(19)18(17,6-2)7-3/h8-11,13,16-17H,5-7,12H2,1-4H3. The smallest absolute Gasteiger partial charge is 0.119 e. The molecule has 0 heterocycles. The summed E-state index contributed by atoms with van der Waals surface area (Å²) in [6.45, 7) is 8.93. The summed E-state index contributed by atoms with van der Waals surface area (Å²) in [6, 6.07) is 8.61. The molecule has 1 nitrogen and oxygen atoms in total. The number of ether oxygens (including phenoxy) is 1. The number of halogens is 1. The molecule has 2 heteroatoms. The van der Waals surface area contributed by atoms with E-state index in [-0.39, 0.29) is 16.9 Å². The fourth-order valence-electron chi connectivity index (χ4n) is 3.29. The van der Waals surface area contributed by atoms with Crippen LogP contribution in [0.2, 0.25) is 0 Å². The quantitative estimate of drug-likeness (QED) is 0.606. The monoisotopic (exact) mass is 294 g/mol. The van der Waals surface area contributed by atoms with Crippen LogP contribution in [0.25, 0.3) is 0 Å². The van der Waals surface area contributed by atoms with Gasteiger partial charge in [-0.25, -0.2) is 0 Å². The Bertz CT molecular complexity index is 422.